The minimum atomic E-state index is -5.39. The predicted octanol–water partition coefficient (Wildman–Crippen LogP) is -16.5. The van der Waals surface area contributed by atoms with Crippen LogP contribution in [0, 0.1) is 0 Å². The summed E-state index contributed by atoms with van der Waals surface area (Å²) in [6, 6.07) is -1.83. The third-order valence-electron chi connectivity index (χ3n) is 15.5. The first-order valence-electron chi connectivity index (χ1n) is 27.4. The van der Waals surface area contributed by atoms with Gasteiger partial charge in [0.25, 0.3) is 11.6 Å². The van der Waals surface area contributed by atoms with Crippen LogP contribution in [0.2, 0.25) is 0 Å². The van der Waals surface area contributed by atoms with E-state index in [9.17, 15) is 141 Å². The van der Waals surface area contributed by atoms with Gasteiger partial charge in [-0.1, -0.05) is 0 Å². The molecule has 0 aromatic carbocycles. The molecular weight excluding hydrogens is 1270 g/mol. The second-order valence-corrected chi connectivity index (χ2v) is 23.0. The van der Waals surface area contributed by atoms with Gasteiger partial charge in [-0.2, -0.15) is 0 Å². The van der Waals surface area contributed by atoms with Crippen molar-refractivity contribution in [2.75, 3.05) is 52.8 Å². The van der Waals surface area contributed by atoms with Crippen molar-refractivity contribution in [1.82, 2.24) is 5.32 Å². The highest BCUT2D eigenvalue weighted by atomic mass is 31.2. The normalized spacial score (nSPS) is 45.6. The van der Waals surface area contributed by atoms with E-state index in [1.54, 1.807) is 0 Å². The first kappa shape index (κ1) is 76.2. The molecule has 6 heterocycles. The SMILES string of the molecule is CC(=O)N[C@H]1[C@H](O[C@@H]2[C@H](O)[C@@H](O[C@@H]3[C@H](O)[C@@H](O[C@H]4[C@@H]([C@H](O)CO)O[C@@](O)(C(=O)O)C[C@H]4O[C@@]4(C(=O)O)O[C@H]([C@@H](CO)OP(=O)(O)OCCN)[C@H](O)[C@H](O)[C@@H]4O)O[C@H]([C@@H](O)CO)[C@H]3O[C@@H]3O[C@H](CO)[C@@H](O)[C@H](O)[C@H]3O)O[C@H]([C@@H](O)CO)[C@H]2O)O[C@H](CO)[C@@H](O)[C@@H]1O. The van der Waals surface area contributed by atoms with Crippen LogP contribution in [-0.2, 0) is 80.1 Å². The van der Waals surface area contributed by atoms with E-state index in [-0.39, 0.29) is 0 Å². The number of aliphatic carboxylic acids is 2. The Labute approximate surface area is 506 Å². The number of carbonyl (C=O) groups is 3. The van der Waals surface area contributed by atoms with Crippen molar-refractivity contribution in [3.8, 4) is 0 Å². The Morgan fingerprint density at radius 1 is 0.567 bits per heavy atom. The number of nitrogens with two attached hydrogens (primary N) is 1. The van der Waals surface area contributed by atoms with E-state index in [0.717, 1.165) is 6.92 Å². The van der Waals surface area contributed by atoms with Crippen LogP contribution >= 0.6 is 7.82 Å². The quantitative estimate of drug-likeness (QED) is 0.0324. The lowest BCUT2D eigenvalue weighted by atomic mass is 9.88. The van der Waals surface area contributed by atoms with Crippen molar-refractivity contribution in [2.45, 2.75) is 215 Å². The molecule has 6 aliphatic heterocycles. The first-order chi connectivity index (χ1) is 42.2. The average Bonchev–Trinajstić information content (AvgIpc) is 0.749. The number of rotatable bonds is 28. The largest absolute Gasteiger partial charge is 0.477 e. The van der Waals surface area contributed by atoms with E-state index in [1.165, 1.54) is 0 Å². The predicted molar refractivity (Wildman–Crippen MR) is 270 cm³/mol. The number of ether oxygens (including phenoxy) is 11. The molecule has 0 radical (unpaired) electrons. The van der Waals surface area contributed by atoms with Gasteiger partial charge in [-0.25, -0.2) is 14.2 Å². The molecule has 1 unspecified atom stereocenters. The molecule has 27 N–H and O–H groups in total. The standard InChI is InChI=1S/C46H79N2O41P/c1-11(55)48-19-22(61)20(59)16(8-52)78-39(19)83-35-27(66)30(12(56)5-49)80-41(28(35)67)84-36-29(68)42(81-31(13(57)6-50)37(36)85-40-26(65)23(62)21(60)17(9-53)79-40)82-34-15(4-45(74,43(70)71)87-32(34)14(58)7-51)86-46(44(72)73)38(69)25(64)24(63)33(88-46)18(10-54)89-90(75,76)77-3-2-47/h12-42,49-54,56-69,74H,2-10,47H2,1H3,(H,48,55)(H,70,71)(H,72,73)(H,75,76)/t12-,13-,14+,15+,16+,17+,18+,19+,20+,21+,22+,23-,24+,25-,26+,27+,28-,29-,30+,31+,32+,33+,34+,35-,36+,37+,38-,39-,40-,41+,42+,45+,46+/m0/s1. The lowest BCUT2D eigenvalue weighted by Crippen LogP contribution is -2.73. The molecule has 0 aromatic heterocycles. The number of carbonyl (C=O) groups excluding carboxylic acids is 1. The molecular formula is C46H79N2O41P. The highest BCUT2D eigenvalue weighted by molar-refractivity contribution is 7.47. The number of aliphatic hydroxyl groups is 21. The summed E-state index contributed by atoms with van der Waals surface area (Å²) in [5.74, 6) is -13.7. The molecule has 0 aliphatic carbocycles. The monoisotopic (exact) mass is 1350 g/mol. The number of carboxylic acids is 2. The van der Waals surface area contributed by atoms with Gasteiger partial charge in [0.1, 0.15) is 159 Å². The Morgan fingerprint density at radius 3 is 1.60 bits per heavy atom. The summed E-state index contributed by atoms with van der Waals surface area (Å²) in [4.78, 5) is 48.9. The van der Waals surface area contributed by atoms with Crippen LogP contribution in [0.3, 0.4) is 0 Å². The Bertz CT molecular complexity index is 2360. The van der Waals surface area contributed by atoms with Crippen molar-refractivity contribution >= 4 is 25.7 Å². The summed E-state index contributed by atoms with van der Waals surface area (Å²) in [5, 5.41) is 254. The molecule has 6 saturated heterocycles. The third-order valence-corrected chi connectivity index (χ3v) is 16.5. The molecule has 0 spiro atoms. The number of nitrogens with one attached hydrogen (secondary N) is 1. The van der Waals surface area contributed by atoms with Crippen LogP contribution in [0.5, 0.6) is 0 Å². The zero-order valence-electron chi connectivity index (χ0n) is 47.0. The highest BCUT2D eigenvalue weighted by Crippen LogP contribution is 2.48. The molecule has 6 rings (SSSR count). The van der Waals surface area contributed by atoms with E-state index in [1.807, 2.05) is 0 Å². The molecule has 524 valence electrons. The molecule has 43 nitrogen and oxygen atoms in total. The van der Waals surface area contributed by atoms with Gasteiger partial charge in [-0.05, 0) is 0 Å². The van der Waals surface area contributed by atoms with Crippen molar-refractivity contribution in [3.63, 3.8) is 0 Å². The van der Waals surface area contributed by atoms with E-state index in [4.69, 9.17) is 62.4 Å². The van der Waals surface area contributed by atoms with Gasteiger partial charge in [-0.15, -0.1) is 0 Å². The summed E-state index contributed by atoms with van der Waals surface area (Å²) in [6.45, 7) is -8.18. The Balaban J connectivity index is 1.50. The molecule has 0 saturated carbocycles. The smallest absolute Gasteiger partial charge is 0.472 e. The number of phosphoric ester groups is 1. The van der Waals surface area contributed by atoms with Crippen molar-refractivity contribution in [2.24, 2.45) is 5.73 Å². The van der Waals surface area contributed by atoms with Crippen LogP contribution in [0.1, 0.15) is 13.3 Å². The maximum absolute atomic E-state index is 13.5. The maximum atomic E-state index is 13.5. The molecule has 44 heteroatoms. The highest BCUT2D eigenvalue weighted by Gasteiger charge is 2.67. The lowest BCUT2D eigenvalue weighted by molar-refractivity contribution is -0.420. The summed E-state index contributed by atoms with van der Waals surface area (Å²) >= 11 is 0. The molecule has 0 bridgehead atoms. The van der Waals surface area contributed by atoms with Gasteiger partial charge in [0, 0.05) is 19.9 Å². The van der Waals surface area contributed by atoms with Crippen LogP contribution in [0.25, 0.3) is 0 Å². The van der Waals surface area contributed by atoms with Crippen LogP contribution < -0.4 is 11.1 Å². The van der Waals surface area contributed by atoms with Gasteiger partial charge in [0.2, 0.25) is 5.91 Å². The summed E-state index contributed by atoms with van der Waals surface area (Å²) in [7, 11) is -5.39. The first-order valence-corrected chi connectivity index (χ1v) is 28.9. The molecule has 34 atom stereocenters. The lowest BCUT2D eigenvalue weighted by Gasteiger charge is -2.53. The van der Waals surface area contributed by atoms with E-state index in [2.05, 4.69) is 9.84 Å². The van der Waals surface area contributed by atoms with Gasteiger partial charge in [0.05, 0.1) is 52.4 Å². The van der Waals surface area contributed by atoms with Crippen molar-refractivity contribution in [1.29, 1.82) is 0 Å². The zero-order chi connectivity index (χ0) is 67.4. The second kappa shape index (κ2) is 31.8. The van der Waals surface area contributed by atoms with Crippen LogP contribution in [0.4, 0.5) is 0 Å². The Hall–Kier alpha value is -2.80. The fraction of sp³-hybridized carbons (Fsp3) is 0.935. The van der Waals surface area contributed by atoms with Crippen LogP contribution in [0.15, 0.2) is 0 Å². The van der Waals surface area contributed by atoms with Gasteiger partial charge in [0.15, 0.2) is 25.2 Å². The Morgan fingerprint density at radius 2 is 1.07 bits per heavy atom. The minimum absolute atomic E-state index is 0.413. The van der Waals surface area contributed by atoms with Crippen molar-refractivity contribution in [3.05, 3.63) is 0 Å². The van der Waals surface area contributed by atoms with E-state index >= 15 is 0 Å². The second-order valence-electron chi connectivity index (χ2n) is 21.6. The topological polar surface area (TPSA) is 712 Å². The van der Waals surface area contributed by atoms with Gasteiger partial charge >= 0.3 is 19.8 Å². The van der Waals surface area contributed by atoms with Crippen LogP contribution in [-0.4, -0.2) is 394 Å². The average molecular weight is 1350 g/mol. The molecule has 90 heavy (non-hydrogen) atoms. The Kier molecular flexibility index (Phi) is 27.0. The van der Waals surface area contributed by atoms with Crippen molar-refractivity contribution < 1.29 is 202 Å². The molecule has 0 aromatic rings. The number of phosphoric acid groups is 1. The summed E-state index contributed by atoms with van der Waals surface area (Å²) in [6.07, 6.45) is -75.2. The summed E-state index contributed by atoms with van der Waals surface area (Å²) in [5.41, 5.74) is 5.29. The number of hydrogen-bond donors (Lipinski definition) is 26. The number of amides is 1. The molecule has 6 aliphatic rings. The van der Waals surface area contributed by atoms with E-state index in [0.29, 0.717) is 0 Å². The number of carboxylic acid groups (broad SMARTS) is 2. The van der Waals surface area contributed by atoms with Gasteiger partial charge in [-0.3, -0.25) is 13.8 Å². The summed E-state index contributed by atoms with van der Waals surface area (Å²) < 4.78 is 85.3. The van der Waals surface area contributed by atoms with Gasteiger partial charge < -0.3 is 185 Å². The molecule has 1 amide bonds. The number of aliphatic hydroxyl groups excluding tert-OH is 20. The maximum Gasteiger partial charge on any atom is 0.472 e. The molecule has 6 fully saturated rings. The fourth-order valence-electron chi connectivity index (χ4n) is 10.7. The number of hydrogen-bond acceptors (Lipinski definition) is 39. The minimum Gasteiger partial charge on any atom is -0.477 e. The van der Waals surface area contributed by atoms with E-state index < -0.39 is 286 Å². The zero-order valence-corrected chi connectivity index (χ0v) is 47.9. The third kappa shape index (κ3) is 16.2. The fourth-order valence-corrected chi connectivity index (χ4v) is 11.7.